The molecule has 0 unspecified atom stereocenters. The van der Waals surface area contributed by atoms with Gasteiger partial charge in [-0.15, -0.1) is 0 Å². The molecule has 94 valence electrons. The highest BCUT2D eigenvalue weighted by molar-refractivity contribution is 5.95. The first-order chi connectivity index (χ1) is 8.31. The smallest absolute Gasteiger partial charge is 0.185 e. The lowest BCUT2D eigenvalue weighted by atomic mass is 9.94. The van der Waals surface area contributed by atoms with Crippen LogP contribution in [0.3, 0.4) is 0 Å². The van der Waals surface area contributed by atoms with Gasteiger partial charge < -0.3 is 10.3 Å². The molecule has 0 atom stereocenters. The van der Waals surface area contributed by atoms with Gasteiger partial charge in [0.25, 0.3) is 0 Å². The number of carbonyl (C=O) groups excluding carboxylic acids is 1. The highest BCUT2D eigenvalue weighted by Gasteiger charge is 2.22. The topological polar surface area (TPSA) is 60.9 Å². The van der Waals surface area contributed by atoms with Crippen molar-refractivity contribution in [1.29, 1.82) is 0 Å². The number of imidazole rings is 1. The van der Waals surface area contributed by atoms with E-state index in [4.69, 9.17) is 5.73 Å². The van der Waals surface area contributed by atoms with Gasteiger partial charge in [0.05, 0.1) is 6.33 Å². The van der Waals surface area contributed by atoms with Crippen molar-refractivity contribution < 1.29 is 4.79 Å². The fraction of sp³-hybridized carbons (Fsp3) is 0.692. The van der Waals surface area contributed by atoms with Gasteiger partial charge in [-0.05, 0) is 12.8 Å². The van der Waals surface area contributed by atoms with Crippen LogP contribution in [0, 0.1) is 5.92 Å². The maximum Gasteiger partial charge on any atom is 0.185 e. The molecule has 4 nitrogen and oxygen atoms in total. The van der Waals surface area contributed by atoms with Crippen LogP contribution in [0.5, 0.6) is 0 Å². The number of hydrogen-bond donors (Lipinski definition) is 1. The fourth-order valence-corrected chi connectivity index (χ4v) is 2.51. The lowest BCUT2D eigenvalue weighted by Gasteiger charge is -2.10. The van der Waals surface area contributed by atoms with Crippen molar-refractivity contribution in [2.75, 3.05) is 6.54 Å². The summed E-state index contributed by atoms with van der Waals surface area (Å²) >= 11 is 0. The number of Topliss-reactive ketones (excluding diaryl/α,β-unsaturated/α-hetero) is 1. The van der Waals surface area contributed by atoms with Crippen molar-refractivity contribution >= 4 is 5.78 Å². The van der Waals surface area contributed by atoms with Crippen molar-refractivity contribution in [3.63, 3.8) is 0 Å². The van der Waals surface area contributed by atoms with Crippen molar-refractivity contribution in [1.82, 2.24) is 9.55 Å². The molecule has 1 aliphatic carbocycles. The van der Waals surface area contributed by atoms with E-state index in [-0.39, 0.29) is 11.7 Å². The zero-order valence-corrected chi connectivity index (χ0v) is 10.3. The van der Waals surface area contributed by atoms with E-state index in [1.165, 1.54) is 25.7 Å². The zero-order chi connectivity index (χ0) is 12.1. The summed E-state index contributed by atoms with van der Waals surface area (Å²) in [6, 6.07) is 0. The van der Waals surface area contributed by atoms with Crippen LogP contribution >= 0.6 is 0 Å². The van der Waals surface area contributed by atoms with E-state index in [0.29, 0.717) is 12.2 Å². The summed E-state index contributed by atoms with van der Waals surface area (Å²) in [5.41, 5.74) is 6.09. The second-order valence-corrected chi connectivity index (χ2v) is 4.84. The van der Waals surface area contributed by atoms with E-state index in [1.54, 1.807) is 6.33 Å². The molecule has 17 heavy (non-hydrogen) atoms. The maximum atomic E-state index is 12.3. The van der Waals surface area contributed by atoms with Gasteiger partial charge in [0.1, 0.15) is 5.69 Å². The summed E-state index contributed by atoms with van der Waals surface area (Å²) in [5, 5.41) is 0. The van der Waals surface area contributed by atoms with Crippen molar-refractivity contribution in [3.05, 3.63) is 18.2 Å². The Labute approximate surface area is 102 Å². The van der Waals surface area contributed by atoms with Crippen LogP contribution in [0.15, 0.2) is 12.5 Å². The predicted molar refractivity (Wildman–Crippen MR) is 66.8 cm³/mol. The molecule has 0 amide bonds. The minimum absolute atomic E-state index is 0.193. The molecule has 0 aliphatic heterocycles. The molecule has 0 radical (unpaired) electrons. The molecule has 2 N–H and O–H groups in total. The Morgan fingerprint density at radius 1 is 1.35 bits per heavy atom. The SMILES string of the molecule is NCCn1cnc(C(=O)C2CCCCCC2)c1. The lowest BCUT2D eigenvalue weighted by Crippen LogP contribution is -2.14. The minimum atomic E-state index is 0.193. The first-order valence-electron chi connectivity index (χ1n) is 6.57. The Kier molecular flexibility index (Phi) is 4.31. The number of aromatic nitrogens is 2. The Bertz CT molecular complexity index is 364. The summed E-state index contributed by atoms with van der Waals surface area (Å²) in [5.74, 6) is 0.418. The fourth-order valence-electron chi connectivity index (χ4n) is 2.51. The number of carbonyl (C=O) groups is 1. The Hall–Kier alpha value is -1.16. The largest absolute Gasteiger partial charge is 0.335 e. The predicted octanol–water partition coefficient (Wildman–Crippen LogP) is 1.99. The number of nitrogens with two attached hydrogens (primary N) is 1. The molecule has 1 fully saturated rings. The maximum absolute atomic E-state index is 12.3. The van der Waals surface area contributed by atoms with Gasteiger partial charge >= 0.3 is 0 Å². The lowest BCUT2D eigenvalue weighted by molar-refractivity contribution is 0.0903. The Morgan fingerprint density at radius 2 is 2.06 bits per heavy atom. The van der Waals surface area contributed by atoms with Crippen LogP contribution in [0.4, 0.5) is 0 Å². The molecule has 0 spiro atoms. The molecule has 1 aromatic rings. The van der Waals surface area contributed by atoms with Crippen LogP contribution in [-0.4, -0.2) is 21.9 Å². The summed E-state index contributed by atoms with van der Waals surface area (Å²) in [6.07, 6.45) is 10.5. The highest BCUT2D eigenvalue weighted by Crippen LogP contribution is 2.25. The summed E-state index contributed by atoms with van der Waals surface area (Å²) in [7, 11) is 0. The van der Waals surface area contributed by atoms with Gasteiger partial charge in [-0.2, -0.15) is 0 Å². The quantitative estimate of drug-likeness (QED) is 0.641. The second kappa shape index (κ2) is 5.96. The zero-order valence-electron chi connectivity index (χ0n) is 10.3. The second-order valence-electron chi connectivity index (χ2n) is 4.84. The first kappa shape index (κ1) is 12.3. The van der Waals surface area contributed by atoms with E-state index >= 15 is 0 Å². The number of hydrogen-bond acceptors (Lipinski definition) is 3. The van der Waals surface area contributed by atoms with Crippen LogP contribution in [0.1, 0.15) is 49.0 Å². The van der Waals surface area contributed by atoms with Crippen molar-refractivity contribution in [2.24, 2.45) is 11.7 Å². The molecule has 0 bridgehead atoms. The average molecular weight is 235 g/mol. The summed E-state index contributed by atoms with van der Waals surface area (Å²) in [6.45, 7) is 1.30. The van der Waals surface area contributed by atoms with E-state index in [1.807, 2.05) is 10.8 Å². The van der Waals surface area contributed by atoms with Gasteiger partial charge in [-0.1, -0.05) is 25.7 Å². The van der Waals surface area contributed by atoms with Gasteiger partial charge in [0.2, 0.25) is 0 Å². The molecule has 0 saturated heterocycles. The molecular weight excluding hydrogens is 214 g/mol. The molecule has 1 saturated carbocycles. The molecule has 1 aliphatic rings. The van der Waals surface area contributed by atoms with Crippen LogP contribution in [0.2, 0.25) is 0 Å². The molecule has 2 rings (SSSR count). The normalized spacial score (nSPS) is 17.9. The van der Waals surface area contributed by atoms with Gasteiger partial charge in [0.15, 0.2) is 5.78 Å². The van der Waals surface area contributed by atoms with Gasteiger partial charge in [-0.25, -0.2) is 4.98 Å². The van der Waals surface area contributed by atoms with Crippen molar-refractivity contribution in [3.8, 4) is 0 Å². The molecule has 1 aromatic heterocycles. The summed E-state index contributed by atoms with van der Waals surface area (Å²) in [4.78, 5) is 16.5. The molecule has 0 aromatic carbocycles. The van der Waals surface area contributed by atoms with Crippen LogP contribution in [-0.2, 0) is 6.54 Å². The Balaban J connectivity index is 2.01. The van der Waals surface area contributed by atoms with Crippen molar-refractivity contribution in [2.45, 2.75) is 45.1 Å². The van der Waals surface area contributed by atoms with Gasteiger partial charge in [-0.3, -0.25) is 4.79 Å². The minimum Gasteiger partial charge on any atom is -0.335 e. The third-order valence-electron chi connectivity index (χ3n) is 3.50. The number of ketones is 1. The van der Waals surface area contributed by atoms with E-state index in [9.17, 15) is 4.79 Å². The standard InChI is InChI=1S/C13H21N3O/c14-7-8-16-9-12(15-10-16)13(17)11-5-3-1-2-4-6-11/h9-11H,1-8,14H2. The van der Waals surface area contributed by atoms with Crippen LogP contribution < -0.4 is 5.73 Å². The number of nitrogens with zero attached hydrogens (tertiary/aromatic N) is 2. The molecule has 4 heteroatoms. The Morgan fingerprint density at radius 3 is 2.71 bits per heavy atom. The third-order valence-corrected chi connectivity index (χ3v) is 3.50. The summed E-state index contributed by atoms with van der Waals surface area (Å²) < 4.78 is 1.89. The molecule has 1 heterocycles. The van der Waals surface area contributed by atoms with E-state index in [0.717, 1.165) is 19.4 Å². The first-order valence-corrected chi connectivity index (χ1v) is 6.57. The van der Waals surface area contributed by atoms with E-state index < -0.39 is 0 Å². The number of rotatable bonds is 4. The van der Waals surface area contributed by atoms with E-state index in [2.05, 4.69) is 4.98 Å². The van der Waals surface area contributed by atoms with Gasteiger partial charge in [0, 0.05) is 25.2 Å². The monoisotopic (exact) mass is 235 g/mol. The molecular formula is C13H21N3O. The van der Waals surface area contributed by atoms with Crippen LogP contribution in [0.25, 0.3) is 0 Å². The average Bonchev–Trinajstić information content (AvgIpc) is 2.64. The third kappa shape index (κ3) is 3.16. The highest BCUT2D eigenvalue weighted by atomic mass is 16.1.